The summed E-state index contributed by atoms with van der Waals surface area (Å²) in [6, 6.07) is 1.40. The number of alkyl carbamates (subject to hydrolysis) is 1. The summed E-state index contributed by atoms with van der Waals surface area (Å²) in [7, 11) is 1.06. The molecule has 6 nitrogen and oxygen atoms in total. The number of methoxy groups -OCH3 is 1. The number of esters is 1. The molecule has 174 valence electrons. The molecule has 1 aliphatic carbocycles. The van der Waals surface area contributed by atoms with Gasteiger partial charge in [0.15, 0.2) is 0 Å². The normalized spacial score (nSPS) is 19.5. The van der Waals surface area contributed by atoms with Gasteiger partial charge in [-0.3, -0.25) is 0 Å². The van der Waals surface area contributed by atoms with Gasteiger partial charge in [-0.15, -0.1) is 0 Å². The van der Waals surface area contributed by atoms with E-state index in [0.29, 0.717) is 31.7 Å². The Morgan fingerprint density at radius 2 is 1.71 bits per heavy atom. The lowest BCUT2D eigenvalue weighted by Gasteiger charge is -2.30. The maximum absolute atomic E-state index is 14.1. The van der Waals surface area contributed by atoms with E-state index in [-0.39, 0.29) is 24.1 Å². The Labute approximate surface area is 178 Å². The first kappa shape index (κ1) is 24.7. The van der Waals surface area contributed by atoms with E-state index < -0.39 is 40.9 Å². The Balaban J connectivity index is 2.00. The number of hydrogen-bond acceptors (Lipinski definition) is 5. The van der Waals surface area contributed by atoms with Crippen LogP contribution in [0.25, 0.3) is 0 Å². The molecule has 0 bridgehead atoms. The molecule has 0 aliphatic heterocycles. The zero-order valence-electron chi connectivity index (χ0n) is 18.0. The van der Waals surface area contributed by atoms with Gasteiger partial charge in [0, 0.05) is 12.6 Å². The fourth-order valence-corrected chi connectivity index (χ4v) is 3.51. The van der Waals surface area contributed by atoms with Crippen molar-refractivity contribution in [3.8, 4) is 0 Å². The minimum atomic E-state index is -4.92. The molecule has 0 heterocycles. The first-order valence-corrected chi connectivity index (χ1v) is 10.0. The van der Waals surface area contributed by atoms with E-state index in [1.54, 1.807) is 20.8 Å². The Morgan fingerprint density at radius 3 is 2.23 bits per heavy atom. The van der Waals surface area contributed by atoms with Crippen molar-refractivity contribution in [3.63, 3.8) is 0 Å². The minimum Gasteiger partial charge on any atom is -0.465 e. The van der Waals surface area contributed by atoms with Crippen molar-refractivity contribution in [3.05, 3.63) is 29.1 Å². The average molecular weight is 448 g/mol. The van der Waals surface area contributed by atoms with Crippen molar-refractivity contribution < 1.29 is 36.6 Å². The highest BCUT2D eigenvalue weighted by Crippen LogP contribution is 2.38. The number of carbonyl (C=O) groups is 2. The summed E-state index contributed by atoms with van der Waals surface area (Å²) in [5.41, 5.74) is -2.85. The monoisotopic (exact) mass is 448 g/mol. The van der Waals surface area contributed by atoms with Gasteiger partial charge in [0.25, 0.3) is 0 Å². The standard InChI is InChI=1S/C21H28F4N2O4/c1-20(2,3)31-19(29)27-14-7-5-12(6-8-14)11-26-16-10-13(18(28)30-4)9-15(22)17(16)21(23,24)25/h9-10,12,14,26H,5-8,11H2,1-4H3,(H,27,29). The second-order valence-corrected chi connectivity index (χ2v) is 8.61. The summed E-state index contributed by atoms with van der Waals surface area (Å²) >= 11 is 0. The second-order valence-electron chi connectivity index (χ2n) is 8.61. The van der Waals surface area contributed by atoms with Crippen LogP contribution in [0.5, 0.6) is 0 Å². The van der Waals surface area contributed by atoms with E-state index in [1.807, 2.05) is 0 Å². The van der Waals surface area contributed by atoms with Crippen molar-refractivity contribution in [2.45, 2.75) is 64.3 Å². The van der Waals surface area contributed by atoms with Gasteiger partial charge in [-0.2, -0.15) is 13.2 Å². The number of halogens is 4. The number of nitrogens with one attached hydrogen (secondary N) is 2. The Kier molecular flexibility index (Phi) is 7.77. The molecular weight excluding hydrogens is 420 g/mol. The average Bonchev–Trinajstić information content (AvgIpc) is 2.63. The van der Waals surface area contributed by atoms with Gasteiger partial charge in [0.05, 0.1) is 18.4 Å². The van der Waals surface area contributed by atoms with E-state index >= 15 is 0 Å². The summed E-state index contributed by atoms with van der Waals surface area (Å²) in [4.78, 5) is 23.5. The lowest BCUT2D eigenvalue weighted by molar-refractivity contribution is -0.139. The molecule has 2 N–H and O–H groups in total. The Bertz CT molecular complexity index is 798. The molecule has 0 spiro atoms. The Morgan fingerprint density at radius 1 is 1.10 bits per heavy atom. The van der Waals surface area contributed by atoms with Crippen LogP contribution in [0.2, 0.25) is 0 Å². The molecule has 1 saturated carbocycles. The molecule has 1 amide bonds. The van der Waals surface area contributed by atoms with E-state index in [0.717, 1.165) is 13.2 Å². The zero-order valence-corrected chi connectivity index (χ0v) is 18.0. The quantitative estimate of drug-likeness (QED) is 0.483. The van der Waals surface area contributed by atoms with Gasteiger partial charge < -0.3 is 20.1 Å². The molecule has 0 aromatic heterocycles. The van der Waals surface area contributed by atoms with Crippen LogP contribution in [0, 0.1) is 11.7 Å². The molecule has 0 saturated heterocycles. The van der Waals surface area contributed by atoms with E-state index in [1.165, 1.54) is 0 Å². The van der Waals surface area contributed by atoms with Gasteiger partial charge in [-0.25, -0.2) is 14.0 Å². The third kappa shape index (κ3) is 7.29. The van der Waals surface area contributed by atoms with Crippen molar-refractivity contribution in [2.24, 2.45) is 5.92 Å². The lowest BCUT2D eigenvalue weighted by Crippen LogP contribution is -2.41. The largest absolute Gasteiger partial charge is 0.465 e. The number of anilines is 1. The number of hydrogen-bond donors (Lipinski definition) is 2. The van der Waals surface area contributed by atoms with Crippen LogP contribution in [-0.4, -0.2) is 37.4 Å². The summed E-state index contributed by atoms with van der Waals surface area (Å²) in [5, 5.41) is 5.46. The Hall–Kier alpha value is -2.52. The molecule has 0 unspecified atom stereocenters. The van der Waals surface area contributed by atoms with E-state index in [2.05, 4.69) is 15.4 Å². The predicted molar refractivity (Wildman–Crippen MR) is 106 cm³/mol. The second kappa shape index (κ2) is 9.74. The van der Waals surface area contributed by atoms with Crippen molar-refractivity contribution in [1.29, 1.82) is 0 Å². The van der Waals surface area contributed by atoms with Crippen molar-refractivity contribution >= 4 is 17.7 Å². The molecule has 0 radical (unpaired) electrons. The molecular formula is C21H28F4N2O4. The summed E-state index contributed by atoms with van der Waals surface area (Å²) in [6.07, 6.45) is -2.81. The molecule has 10 heteroatoms. The van der Waals surface area contributed by atoms with Gasteiger partial charge in [0.1, 0.15) is 17.0 Å². The van der Waals surface area contributed by atoms with E-state index in [4.69, 9.17) is 4.74 Å². The van der Waals surface area contributed by atoms with Crippen LogP contribution < -0.4 is 10.6 Å². The van der Waals surface area contributed by atoms with Gasteiger partial charge >= 0.3 is 18.2 Å². The maximum atomic E-state index is 14.1. The summed E-state index contributed by atoms with van der Waals surface area (Å²) in [5.74, 6) is -2.44. The number of benzene rings is 1. The molecule has 0 atom stereocenters. The third-order valence-electron chi connectivity index (χ3n) is 4.94. The molecule has 2 rings (SSSR count). The molecule has 31 heavy (non-hydrogen) atoms. The fourth-order valence-electron chi connectivity index (χ4n) is 3.51. The first-order chi connectivity index (χ1) is 14.3. The van der Waals surface area contributed by atoms with Crippen LogP contribution in [0.1, 0.15) is 62.4 Å². The predicted octanol–water partition coefficient (Wildman–Crippen LogP) is 5.13. The fraction of sp³-hybridized carbons (Fsp3) is 0.619. The van der Waals surface area contributed by atoms with Crippen LogP contribution in [0.3, 0.4) is 0 Å². The SMILES string of the molecule is COC(=O)c1cc(F)c(C(F)(F)F)c(NCC2CCC(NC(=O)OC(C)(C)C)CC2)c1. The van der Waals surface area contributed by atoms with Gasteiger partial charge in [0.2, 0.25) is 0 Å². The molecule has 1 aromatic rings. The van der Waals surface area contributed by atoms with Crippen molar-refractivity contribution in [1.82, 2.24) is 5.32 Å². The van der Waals surface area contributed by atoms with Crippen molar-refractivity contribution in [2.75, 3.05) is 19.0 Å². The molecule has 1 fully saturated rings. The number of rotatable bonds is 5. The molecule has 1 aliphatic rings. The topological polar surface area (TPSA) is 76.7 Å². The number of alkyl halides is 3. The maximum Gasteiger partial charge on any atom is 0.421 e. The number of amides is 1. The van der Waals surface area contributed by atoms with Crippen LogP contribution in [0.15, 0.2) is 12.1 Å². The number of carbonyl (C=O) groups excluding carboxylic acids is 2. The first-order valence-electron chi connectivity index (χ1n) is 10.0. The lowest BCUT2D eigenvalue weighted by atomic mass is 9.86. The summed E-state index contributed by atoms with van der Waals surface area (Å²) in [6.45, 7) is 5.47. The van der Waals surface area contributed by atoms with Crippen LogP contribution in [-0.2, 0) is 15.7 Å². The minimum absolute atomic E-state index is 0.0302. The zero-order chi connectivity index (χ0) is 23.4. The highest BCUT2D eigenvalue weighted by Gasteiger charge is 2.38. The summed E-state index contributed by atoms with van der Waals surface area (Å²) < 4.78 is 63.8. The van der Waals surface area contributed by atoms with E-state index in [9.17, 15) is 27.2 Å². The third-order valence-corrected chi connectivity index (χ3v) is 4.94. The van der Waals surface area contributed by atoms with Crippen LogP contribution >= 0.6 is 0 Å². The highest BCUT2D eigenvalue weighted by molar-refractivity contribution is 5.91. The van der Waals surface area contributed by atoms with Gasteiger partial charge in [-0.1, -0.05) is 0 Å². The van der Waals surface area contributed by atoms with Gasteiger partial charge in [-0.05, 0) is 64.5 Å². The highest BCUT2D eigenvalue weighted by atomic mass is 19.4. The van der Waals surface area contributed by atoms with Crippen LogP contribution in [0.4, 0.5) is 28.0 Å². The smallest absolute Gasteiger partial charge is 0.421 e. The number of ether oxygens (including phenoxy) is 2. The molecule has 1 aromatic carbocycles.